The fraction of sp³-hybridized carbons (Fsp3) is 0.0476. The predicted octanol–water partition coefficient (Wildman–Crippen LogP) is 5.51. The van der Waals surface area contributed by atoms with Crippen LogP contribution in [0.1, 0.15) is 21.5 Å². The Morgan fingerprint density at radius 2 is 1.40 bits per heavy atom. The number of thiocarbonyl (C=S) groups is 1. The molecule has 0 aromatic heterocycles. The Kier molecular flexibility index (Phi) is 5.99. The third kappa shape index (κ3) is 5.02. The summed E-state index contributed by atoms with van der Waals surface area (Å²) in [4.78, 5) is 12.1. The third-order valence-electron chi connectivity index (χ3n) is 3.52. The Morgan fingerprint density at radius 1 is 0.800 bits per heavy atom. The molecule has 3 rings (SSSR count). The van der Waals surface area contributed by atoms with Crippen LogP contribution in [0.4, 0.5) is 0 Å². The largest absolute Gasteiger partial charge is 0.423 e. The summed E-state index contributed by atoms with van der Waals surface area (Å²) < 4.78 is 6.20. The molecular weight excluding hydrogens is 348 g/mol. The lowest BCUT2D eigenvalue weighted by molar-refractivity contribution is 0.0735. The fourth-order valence-electron chi connectivity index (χ4n) is 2.20. The standard InChI is InChI=1S/C21H16O2S2/c22-20(23-19-9-5-2-6-10-19)17-13-11-16(12-14-17)15-25-21(24)18-7-3-1-4-8-18/h1-14H,15H2. The number of para-hydroxylation sites is 1. The second-order valence-corrected chi connectivity index (χ2v) is 6.99. The van der Waals surface area contributed by atoms with Crippen LogP contribution < -0.4 is 4.74 Å². The number of rotatable bonds is 5. The summed E-state index contributed by atoms with van der Waals surface area (Å²) in [5, 5.41) is 0. The Balaban J connectivity index is 1.57. The molecule has 3 aromatic carbocycles. The minimum atomic E-state index is -0.356. The monoisotopic (exact) mass is 364 g/mol. The van der Waals surface area contributed by atoms with E-state index in [4.69, 9.17) is 17.0 Å². The van der Waals surface area contributed by atoms with Crippen molar-refractivity contribution < 1.29 is 9.53 Å². The zero-order chi connectivity index (χ0) is 17.5. The first-order valence-corrected chi connectivity index (χ1v) is 9.20. The number of carbonyl (C=O) groups is 1. The van der Waals surface area contributed by atoms with E-state index in [0.717, 1.165) is 21.1 Å². The zero-order valence-corrected chi connectivity index (χ0v) is 15.1. The van der Waals surface area contributed by atoms with Gasteiger partial charge in [-0.2, -0.15) is 0 Å². The molecule has 0 N–H and O–H groups in total. The summed E-state index contributed by atoms with van der Waals surface area (Å²) >= 11 is 7.06. The molecular formula is C21H16O2S2. The van der Waals surface area contributed by atoms with Crippen LogP contribution in [-0.4, -0.2) is 10.2 Å². The van der Waals surface area contributed by atoms with Crippen molar-refractivity contribution in [1.82, 2.24) is 0 Å². The van der Waals surface area contributed by atoms with Crippen molar-refractivity contribution >= 4 is 34.1 Å². The maximum absolute atomic E-state index is 12.1. The van der Waals surface area contributed by atoms with Gasteiger partial charge in [-0.05, 0) is 35.4 Å². The molecule has 3 aromatic rings. The molecule has 0 aliphatic carbocycles. The van der Waals surface area contributed by atoms with Gasteiger partial charge in [0.2, 0.25) is 0 Å². The van der Waals surface area contributed by atoms with E-state index < -0.39 is 0 Å². The van der Waals surface area contributed by atoms with Gasteiger partial charge in [-0.3, -0.25) is 0 Å². The summed E-state index contributed by atoms with van der Waals surface area (Å²) in [6.07, 6.45) is 0. The topological polar surface area (TPSA) is 26.3 Å². The molecule has 0 bridgehead atoms. The van der Waals surface area contributed by atoms with E-state index >= 15 is 0 Å². The second kappa shape index (κ2) is 8.60. The molecule has 0 fully saturated rings. The molecule has 0 unspecified atom stereocenters. The van der Waals surface area contributed by atoms with Crippen LogP contribution in [0, 0.1) is 0 Å². The van der Waals surface area contributed by atoms with Gasteiger partial charge in [0.25, 0.3) is 0 Å². The molecule has 25 heavy (non-hydrogen) atoms. The maximum atomic E-state index is 12.1. The van der Waals surface area contributed by atoms with E-state index in [-0.39, 0.29) is 5.97 Å². The first-order valence-electron chi connectivity index (χ1n) is 7.81. The number of ether oxygens (including phenoxy) is 1. The van der Waals surface area contributed by atoms with Gasteiger partial charge in [0.1, 0.15) is 5.75 Å². The molecule has 0 aliphatic heterocycles. The Morgan fingerprint density at radius 3 is 2.04 bits per heavy atom. The van der Waals surface area contributed by atoms with Gasteiger partial charge in [-0.15, -0.1) is 11.8 Å². The van der Waals surface area contributed by atoms with E-state index in [1.807, 2.05) is 60.7 Å². The first kappa shape index (κ1) is 17.4. The van der Waals surface area contributed by atoms with Crippen molar-refractivity contribution in [1.29, 1.82) is 0 Å². The highest BCUT2D eigenvalue weighted by atomic mass is 32.2. The van der Waals surface area contributed by atoms with E-state index in [1.54, 1.807) is 36.0 Å². The minimum Gasteiger partial charge on any atom is -0.423 e. The molecule has 0 saturated heterocycles. The summed E-state index contributed by atoms with van der Waals surface area (Å²) in [5.74, 6) is 0.951. The molecule has 0 aliphatic rings. The Labute approximate surface area is 156 Å². The van der Waals surface area contributed by atoms with Crippen molar-refractivity contribution in [3.05, 3.63) is 102 Å². The van der Waals surface area contributed by atoms with Gasteiger partial charge in [0.15, 0.2) is 0 Å². The number of hydrogen-bond donors (Lipinski definition) is 0. The summed E-state index contributed by atoms with van der Waals surface area (Å²) in [7, 11) is 0. The molecule has 0 heterocycles. The van der Waals surface area contributed by atoms with Gasteiger partial charge in [0, 0.05) is 5.75 Å². The maximum Gasteiger partial charge on any atom is 0.343 e. The molecule has 0 amide bonds. The average molecular weight is 364 g/mol. The van der Waals surface area contributed by atoms with Crippen molar-refractivity contribution in [3.63, 3.8) is 0 Å². The van der Waals surface area contributed by atoms with Crippen LogP contribution in [-0.2, 0) is 5.75 Å². The lowest BCUT2D eigenvalue weighted by atomic mass is 10.1. The van der Waals surface area contributed by atoms with Crippen molar-refractivity contribution in [2.24, 2.45) is 0 Å². The predicted molar refractivity (Wildman–Crippen MR) is 107 cm³/mol. The number of hydrogen-bond acceptors (Lipinski definition) is 4. The normalized spacial score (nSPS) is 10.2. The van der Waals surface area contributed by atoms with Crippen molar-refractivity contribution in [3.8, 4) is 5.75 Å². The molecule has 124 valence electrons. The molecule has 0 saturated carbocycles. The fourth-order valence-corrected chi connectivity index (χ4v) is 3.30. The smallest absolute Gasteiger partial charge is 0.343 e. The number of esters is 1. The van der Waals surface area contributed by atoms with Gasteiger partial charge < -0.3 is 4.74 Å². The van der Waals surface area contributed by atoms with Crippen LogP contribution in [0.25, 0.3) is 0 Å². The van der Waals surface area contributed by atoms with Gasteiger partial charge in [0.05, 0.1) is 9.76 Å². The van der Waals surface area contributed by atoms with Gasteiger partial charge in [-0.25, -0.2) is 4.79 Å². The lowest BCUT2D eigenvalue weighted by Gasteiger charge is -2.06. The zero-order valence-electron chi connectivity index (χ0n) is 13.4. The molecule has 2 nitrogen and oxygen atoms in total. The van der Waals surface area contributed by atoms with Gasteiger partial charge in [-0.1, -0.05) is 72.9 Å². The molecule has 0 spiro atoms. The van der Waals surface area contributed by atoms with Crippen molar-refractivity contribution in [2.75, 3.05) is 0 Å². The summed E-state index contributed by atoms with van der Waals surface area (Å²) in [5.41, 5.74) is 2.70. The van der Waals surface area contributed by atoms with E-state index in [1.165, 1.54) is 0 Å². The number of thioether (sulfide) groups is 1. The lowest BCUT2D eigenvalue weighted by Crippen LogP contribution is -2.08. The highest BCUT2D eigenvalue weighted by Crippen LogP contribution is 2.20. The number of carbonyl (C=O) groups excluding carboxylic acids is 1. The van der Waals surface area contributed by atoms with E-state index in [2.05, 4.69) is 0 Å². The highest BCUT2D eigenvalue weighted by molar-refractivity contribution is 8.23. The SMILES string of the molecule is O=C(Oc1ccccc1)c1ccc(CSC(=S)c2ccccc2)cc1. The molecule has 0 atom stereocenters. The highest BCUT2D eigenvalue weighted by Gasteiger charge is 2.09. The van der Waals surface area contributed by atoms with E-state index in [9.17, 15) is 4.79 Å². The average Bonchev–Trinajstić information content (AvgIpc) is 2.68. The summed E-state index contributed by atoms with van der Waals surface area (Å²) in [6, 6.07) is 26.5. The summed E-state index contributed by atoms with van der Waals surface area (Å²) in [6.45, 7) is 0. The minimum absolute atomic E-state index is 0.356. The van der Waals surface area contributed by atoms with E-state index in [0.29, 0.717) is 11.3 Å². The van der Waals surface area contributed by atoms with Crippen LogP contribution in [0.3, 0.4) is 0 Å². The van der Waals surface area contributed by atoms with Crippen LogP contribution in [0.2, 0.25) is 0 Å². The van der Waals surface area contributed by atoms with Crippen LogP contribution in [0.5, 0.6) is 5.75 Å². The Hall–Kier alpha value is -2.43. The quantitative estimate of drug-likeness (QED) is 0.338. The second-order valence-electron chi connectivity index (χ2n) is 5.34. The van der Waals surface area contributed by atoms with Crippen LogP contribution >= 0.6 is 24.0 Å². The third-order valence-corrected chi connectivity index (χ3v) is 5.09. The molecule has 0 radical (unpaired) electrons. The number of benzene rings is 3. The van der Waals surface area contributed by atoms with Crippen LogP contribution in [0.15, 0.2) is 84.9 Å². The van der Waals surface area contributed by atoms with Crippen molar-refractivity contribution in [2.45, 2.75) is 5.75 Å². The Bertz CT molecular complexity index is 844. The van der Waals surface area contributed by atoms with Gasteiger partial charge >= 0.3 is 5.97 Å². The molecule has 4 heteroatoms. The first-order chi connectivity index (χ1) is 12.2.